The van der Waals surface area contributed by atoms with Crippen LogP contribution in [0.5, 0.6) is 0 Å². The Balaban J connectivity index is 2.76. The first-order valence-corrected chi connectivity index (χ1v) is 5.73. The van der Waals surface area contributed by atoms with Crippen molar-refractivity contribution in [2.75, 3.05) is 0 Å². The third-order valence-electron chi connectivity index (χ3n) is 3.18. The molecule has 0 saturated carbocycles. The Labute approximate surface area is 105 Å². The minimum Gasteiger partial charge on any atom is -0.480 e. The third kappa shape index (κ3) is 2.01. The quantitative estimate of drug-likeness (QED) is 0.845. The predicted molar refractivity (Wildman–Crippen MR) is 69.1 cm³/mol. The molecule has 0 aliphatic rings. The molecule has 0 saturated heterocycles. The van der Waals surface area contributed by atoms with E-state index in [1.165, 1.54) is 6.92 Å². The molecule has 1 aromatic heterocycles. The van der Waals surface area contributed by atoms with E-state index in [0.29, 0.717) is 5.56 Å². The number of fused-ring (bicyclic) bond motifs is 1. The topological polar surface area (TPSA) is 59.3 Å². The summed E-state index contributed by atoms with van der Waals surface area (Å²) in [5.74, 6) is -0.965. The number of aliphatic carboxylic acids is 1. The molecule has 0 bridgehead atoms. The highest BCUT2D eigenvalue weighted by atomic mass is 16.4. The van der Waals surface area contributed by atoms with Crippen LogP contribution in [0.15, 0.2) is 18.3 Å². The summed E-state index contributed by atoms with van der Waals surface area (Å²) in [7, 11) is 0. The molecule has 0 unspecified atom stereocenters. The number of carboxylic acids is 1. The average Bonchev–Trinajstić information content (AvgIpc) is 2.57. The molecule has 0 fully saturated rings. The summed E-state index contributed by atoms with van der Waals surface area (Å²) in [6.07, 6.45) is 1.62. The highest BCUT2D eigenvalue weighted by molar-refractivity contribution is 6.07. The summed E-state index contributed by atoms with van der Waals surface area (Å²) in [4.78, 5) is 22.4. The van der Waals surface area contributed by atoms with Gasteiger partial charge in [0.2, 0.25) is 0 Å². The number of carboxylic acid groups (broad SMARTS) is 1. The van der Waals surface area contributed by atoms with Crippen molar-refractivity contribution in [3.8, 4) is 0 Å². The fourth-order valence-electron chi connectivity index (χ4n) is 2.11. The van der Waals surface area contributed by atoms with Crippen molar-refractivity contribution in [1.82, 2.24) is 4.57 Å². The highest BCUT2D eigenvalue weighted by Gasteiger charge is 2.14. The molecule has 0 atom stereocenters. The van der Waals surface area contributed by atoms with Crippen molar-refractivity contribution < 1.29 is 14.7 Å². The zero-order chi connectivity index (χ0) is 13.4. The van der Waals surface area contributed by atoms with Gasteiger partial charge in [-0.25, -0.2) is 0 Å². The third-order valence-corrected chi connectivity index (χ3v) is 3.18. The van der Waals surface area contributed by atoms with Gasteiger partial charge in [-0.2, -0.15) is 0 Å². The van der Waals surface area contributed by atoms with Crippen LogP contribution in [0.25, 0.3) is 10.9 Å². The van der Waals surface area contributed by atoms with Gasteiger partial charge in [0, 0.05) is 22.7 Å². The van der Waals surface area contributed by atoms with Gasteiger partial charge in [0.25, 0.3) is 0 Å². The van der Waals surface area contributed by atoms with Gasteiger partial charge in [0.15, 0.2) is 5.78 Å². The molecule has 0 amide bonds. The molecule has 1 aromatic carbocycles. The maximum atomic E-state index is 11.6. The van der Waals surface area contributed by atoms with Crippen molar-refractivity contribution in [2.45, 2.75) is 27.3 Å². The van der Waals surface area contributed by atoms with E-state index >= 15 is 0 Å². The normalized spacial score (nSPS) is 10.8. The average molecular weight is 245 g/mol. The first kappa shape index (κ1) is 12.4. The smallest absolute Gasteiger partial charge is 0.323 e. The maximum Gasteiger partial charge on any atom is 0.323 e. The predicted octanol–water partition coefficient (Wildman–Crippen LogP) is 2.55. The second kappa shape index (κ2) is 4.29. The van der Waals surface area contributed by atoms with E-state index in [1.807, 2.05) is 26.0 Å². The maximum absolute atomic E-state index is 11.6. The number of ketones is 1. The number of rotatable bonds is 3. The van der Waals surface area contributed by atoms with Crippen LogP contribution in [0.1, 0.15) is 28.4 Å². The lowest BCUT2D eigenvalue weighted by atomic mass is 10.0. The van der Waals surface area contributed by atoms with Crippen molar-refractivity contribution in [3.05, 3.63) is 35.0 Å². The summed E-state index contributed by atoms with van der Waals surface area (Å²) in [5, 5.41) is 9.72. The molecule has 0 radical (unpaired) electrons. The second-order valence-corrected chi connectivity index (χ2v) is 4.57. The van der Waals surface area contributed by atoms with Gasteiger partial charge in [-0.15, -0.1) is 0 Å². The Bertz CT molecular complexity index is 653. The minimum atomic E-state index is -0.916. The van der Waals surface area contributed by atoms with Crippen molar-refractivity contribution in [2.24, 2.45) is 0 Å². The first-order chi connectivity index (χ1) is 8.40. The van der Waals surface area contributed by atoms with Crippen LogP contribution in [-0.2, 0) is 11.3 Å². The van der Waals surface area contributed by atoms with Crippen LogP contribution >= 0.6 is 0 Å². The molecular weight excluding hydrogens is 230 g/mol. The zero-order valence-electron chi connectivity index (χ0n) is 10.7. The lowest BCUT2D eigenvalue weighted by molar-refractivity contribution is -0.137. The molecule has 1 heterocycles. The Hall–Kier alpha value is -2.10. The van der Waals surface area contributed by atoms with Crippen molar-refractivity contribution >= 4 is 22.7 Å². The lowest BCUT2D eigenvalue weighted by Gasteiger charge is -2.04. The number of nitrogens with zero attached hydrogens (tertiary/aromatic N) is 1. The van der Waals surface area contributed by atoms with E-state index < -0.39 is 5.97 Å². The molecular formula is C14H15NO3. The van der Waals surface area contributed by atoms with Crippen LogP contribution in [0.2, 0.25) is 0 Å². The number of carbonyl (C=O) groups excluding carboxylic acids is 1. The number of carbonyl (C=O) groups is 2. The Morgan fingerprint density at radius 2 is 1.83 bits per heavy atom. The highest BCUT2D eigenvalue weighted by Crippen LogP contribution is 2.25. The Morgan fingerprint density at radius 3 is 2.39 bits per heavy atom. The Morgan fingerprint density at radius 1 is 1.22 bits per heavy atom. The molecule has 94 valence electrons. The molecule has 2 aromatic rings. The number of aromatic nitrogens is 1. The SMILES string of the molecule is CC(=O)c1cn(CC(=O)O)c2cc(C)c(C)cc12. The fourth-order valence-corrected chi connectivity index (χ4v) is 2.11. The monoisotopic (exact) mass is 245 g/mol. The summed E-state index contributed by atoms with van der Waals surface area (Å²) < 4.78 is 1.61. The van der Waals surface area contributed by atoms with Gasteiger partial charge in [-0.1, -0.05) is 0 Å². The number of hydrogen-bond donors (Lipinski definition) is 1. The standard InChI is InChI=1S/C14H15NO3/c1-8-4-11-12(10(3)16)6-15(7-14(17)18)13(11)5-9(8)2/h4-6H,7H2,1-3H3,(H,17,18). The summed E-state index contributed by atoms with van der Waals surface area (Å²) in [6.45, 7) is 5.31. The van der Waals surface area contributed by atoms with Gasteiger partial charge in [0.05, 0.1) is 0 Å². The van der Waals surface area contributed by atoms with E-state index in [-0.39, 0.29) is 12.3 Å². The summed E-state index contributed by atoms with van der Waals surface area (Å²) in [5.41, 5.74) is 3.56. The largest absolute Gasteiger partial charge is 0.480 e. The van der Waals surface area contributed by atoms with E-state index in [0.717, 1.165) is 22.0 Å². The molecule has 0 aliphatic heterocycles. The number of Topliss-reactive ketones (excluding diaryl/α,β-unsaturated/α-hetero) is 1. The van der Waals surface area contributed by atoms with Gasteiger partial charge >= 0.3 is 5.97 Å². The summed E-state index contributed by atoms with van der Waals surface area (Å²) in [6, 6.07) is 3.87. The first-order valence-electron chi connectivity index (χ1n) is 5.73. The minimum absolute atomic E-state index is 0.0487. The fraction of sp³-hybridized carbons (Fsp3) is 0.286. The molecule has 4 heteroatoms. The number of benzene rings is 1. The van der Waals surface area contributed by atoms with E-state index in [1.54, 1.807) is 10.8 Å². The van der Waals surface area contributed by atoms with E-state index in [4.69, 9.17) is 5.11 Å². The molecule has 18 heavy (non-hydrogen) atoms. The van der Waals surface area contributed by atoms with Gasteiger partial charge in [0.1, 0.15) is 6.54 Å². The second-order valence-electron chi connectivity index (χ2n) is 4.57. The van der Waals surface area contributed by atoms with E-state index in [9.17, 15) is 9.59 Å². The van der Waals surface area contributed by atoms with Crippen LogP contribution in [-0.4, -0.2) is 21.4 Å². The van der Waals surface area contributed by atoms with Crippen molar-refractivity contribution in [3.63, 3.8) is 0 Å². The van der Waals surface area contributed by atoms with Crippen LogP contribution in [0, 0.1) is 13.8 Å². The molecule has 0 spiro atoms. The van der Waals surface area contributed by atoms with E-state index in [2.05, 4.69) is 0 Å². The van der Waals surface area contributed by atoms with Crippen LogP contribution in [0.3, 0.4) is 0 Å². The van der Waals surface area contributed by atoms with Crippen LogP contribution in [0.4, 0.5) is 0 Å². The lowest BCUT2D eigenvalue weighted by Crippen LogP contribution is -2.07. The molecule has 4 nitrogen and oxygen atoms in total. The zero-order valence-corrected chi connectivity index (χ0v) is 10.7. The van der Waals surface area contributed by atoms with Crippen molar-refractivity contribution in [1.29, 1.82) is 0 Å². The number of hydrogen-bond acceptors (Lipinski definition) is 2. The molecule has 0 aliphatic carbocycles. The van der Waals surface area contributed by atoms with Gasteiger partial charge in [-0.3, -0.25) is 9.59 Å². The molecule has 2 rings (SSSR count). The van der Waals surface area contributed by atoms with Crippen LogP contribution < -0.4 is 0 Å². The number of aryl methyl sites for hydroxylation is 2. The molecule has 1 N–H and O–H groups in total. The Kier molecular flexibility index (Phi) is 2.95. The van der Waals surface area contributed by atoms with Gasteiger partial charge in [-0.05, 0) is 44.0 Å². The summed E-state index contributed by atoms with van der Waals surface area (Å²) >= 11 is 0. The van der Waals surface area contributed by atoms with Gasteiger partial charge < -0.3 is 9.67 Å².